The Balaban J connectivity index is 1.62. The Morgan fingerprint density at radius 2 is 2.08 bits per heavy atom. The highest BCUT2D eigenvalue weighted by Gasteiger charge is 2.29. The Kier molecular flexibility index (Phi) is 4.17. The van der Waals surface area contributed by atoms with E-state index in [-0.39, 0.29) is 6.09 Å². The molecule has 7 nitrogen and oxygen atoms in total. The van der Waals surface area contributed by atoms with E-state index in [4.69, 9.17) is 9.47 Å². The number of hydrogen-bond acceptors (Lipinski definition) is 5. The van der Waals surface area contributed by atoms with Gasteiger partial charge in [-0.1, -0.05) is 6.07 Å². The second kappa shape index (κ2) is 6.14. The summed E-state index contributed by atoms with van der Waals surface area (Å²) < 4.78 is 12.3. The summed E-state index contributed by atoms with van der Waals surface area (Å²) in [6.45, 7) is 7.25. The van der Waals surface area contributed by atoms with Gasteiger partial charge in [0, 0.05) is 24.0 Å². The van der Waals surface area contributed by atoms with E-state index in [1.807, 2.05) is 43.8 Å². The van der Waals surface area contributed by atoms with Crippen LogP contribution in [0.5, 0.6) is 5.88 Å². The van der Waals surface area contributed by atoms with E-state index >= 15 is 0 Å². The van der Waals surface area contributed by atoms with E-state index in [1.165, 1.54) is 0 Å². The number of fused-ring (bicyclic) bond motifs is 1. The number of rotatable bonds is 3. The lowest BCUT2D eigenvalue weighted by molar-refractivity contribution is 0.0239. The Bertz CT molecular complexity index is 708. The number of ether oxygens (including phenoxy) is 2. The number of amides is 1. The number of aromatic nitrogens is 3. The summed E-state index contributed by atoms with van der Waals surface area (Å²) >= 11 is 0. The predicted octanol–water partition coefficient (Wildman–Crippen LogP) is 2.59. The monoisotopic (exact) mass is 330 g/mol. The first-order valence-corrected chi connectivity index (χ1v) is 7.86. The normalized spacial score (nSPS) is 13.8. The molecule has 0 unspecified atom stereocenters. The van der Waals surface area contributed by atoms with Crippen LogP contribution in [0.2, 0.25) is 0 Å². The molecule has 2 aromatic rings. The number of pyridine rings is 1. The topological polar surface area (TPSA) is 69.5 Å². The third kappa shape index (κ3) is 3.67. The van der Waals surface area contributed by atoms with Gasteiger partial charge in [-0.2, -0.15) is 5.10 Å². The summed E-state index contributed by atoms with van der Waals surface area (Å²) in [6, 6.07) is 3.79. The Hall–Kier alpha value is -2.57. The van der Waals surface area contributed by atoms with Crippen molar-refractivity contribution in [2.75, 3.05) is 7.11 Å². The van der Waals surface area contributed by atoms with Crippen LogP contribution in [0, 0.1) is 0 Å². The fourth-order valence-electron chi connectivity index (χ4n) is 2.56. The molecule has 128 valence electrons. The van der Waals surface area contributed by atoms with Crippen LogP contribution < -0.4 is 4.74 Å². The molecular formula is C17H22N4O3. The number of carbonyl (C=O) groups excluding carboxylic acids is 1. The van der Waals surface area contributed by atoms with Crippen molar-refractivity contribution in [3.05, 3.63) is 41.3 Å². The minimum absolute atomic E-state index is 0.300. The van der Waals surface area contributed by atoms with Crippen LogP contribution in [0.1, 0.15) is 37.6 Å². The smallest absolute Gasteiger partial charge is 0.410 e. The van der Waals surface area contributed by atoms with Crippen LogP contribution in [0.3, 0.4) is 0 Å². The van der Waals surface area contributed by atoms with E-state index in [9.17, 15) is 4.79 Å². The van der Waals surface area contributed by atoms with Gasteiger partial charge in [0.05, 0.1) is 32.4 Å². The molecule has 1 aliphatic heterocycles. The maximum atomic E-state index is 12.1. The van der Waals surface area contributed by atoms with Gasteiger partial charge in [0.2, 0.25) is 5.88 Å². The fourth-order valence-corrected chi connectivity index (χ4v) is 2.56. The van der Waals surface area contributed by atoms with Gasteiger partial charge >= 0.3 is 6.09 Å². The Morgan fingerprint density at radius 1 is 1.29 bits per heavy atom. The molecule has 0 saturated carbocycles. The molecule has 0 N–H and O–H groups in total. The first kappa shape index (κ1) is 16.3. The first-order chi connectivity index (χ1) is 11.3. The second-order valence-corrected chi connectivity index (χ2v) is 6.84. The zero-order chi connectivity index (χ0) is 17.3. The molecule has 3 heterocycles. The SMILES string of the molecule is COc1ccc(Cn2cc3c(n2)CN(C(=O)OC(C)(C)C)C3)cn1. The molecule has 0 radical (unpaired) electrons. The van der Waals surface area contributed by atoms with E-state index in [2.05, 4.69) is 10.1 Å². The van der Waals surface area contributed by atoms with Crippen molar-refractivity contribution in [2.24, 2.45) is 0 Å². The van der Waals surface area contributed by atoms with Crippen molar-refractivity contribution >= 4 is 6.09 Å². The number of methoxy groups -OCH3 is 1. The van der Waals surface area contributed by atoms with Crippen molar-refractivity contribution in [3.8, 4) is 5.88 Å². The van der Waals surface area contributed by atoms with Gasteiger partial charge in [0.15, 0.2) is 0 Å². The van der Waals surface area contributed by atoms with Crippen LogP contribution in [0.4, 0.5) is 4.79 Å². The van der Waals surface area contributed by atoms with Crippen molar-refractivity contribution in [3.63, 3.8) is 0 Å². The average molecular weight is 330 g/mol. The molecule has 0 aromatic carbocycles. The summed E-state index contributed by atoms with van der Waals surface area (Å²) in [5, 5.41) is 4.57. The largest absolute Gasteiger partial charge is 0.481 e. The molecule has 3 rings (SSSR count). The number of carbonyl (C=O) groups is 1. The highest BCUT2D eigenvalue weighted by atomic mass is 16.6. The predicted molar refractivity (Wildman–Crippen MR) is 87.6 cm³/mol. The third-order valence-electron chi connectivity index (χ3n) is 3.63. The van der Waals surface area contributed by atoms with Gasteiger partial charge in [-0.25, -0.2) is 9.78 Å². The lowest BCUT2D eigenvalue weighted by atomic mass is 10.2. The summed E-state index contributed by atoms with van der Waals surface area (Å²) in [5.41, 5.74) is 2.53. The molecule has 1 amide bonds. The molecule has 24 heavy (non-hydrogen) atoms. The lowest BCUT2D eigenvalue weighted by Gasteiger charge is -2.24. The Labute approximate surface area is 141 Å². The maximum absolute atomic E-state index is 12.1. The van der Waals surface area contributed by atoms with Crippen molar-refractivity contribution in [1.82, 2.24) is 19.7 Å². The molecule has 1 aliphatic rings. The van der Waals surface area contributed by atoms with Crippen LogP contribution in [0.15, 0.2) is 24.5 Å². The van der Waals surface area contributed by atoms with Gasteiger partial charge in [-0.05, 0) is 26.3 Å². The standard InChI is InChI=1S/C17H22N4O3/c1-17(2,3)24-16(22)20-9-13-10-21(19-14(13)11-20)8-12-5-6-15(23-4)18-7-12/h5-7,10H,8-9,11H2,1-4H3. The lowest BCUT2D eigenvalue weighted by Crippen LogP contribution is -2.33. The van der Waals surface area contributed by atoms with Gasteiger partial charge in [0.25, 0.3) is 0 Å². The van der Waals surface area contributed by atoms with Crippen molar-refractivity contribution in [2.45, 2.75) is 46.0 Å². The van der Waals surface area contributed by atoms with Crippen molar-refractivity contribution < 1.29 is 14.3 Å². The van der Waals surface area contributed by atoms with Crippen LogP contribution in [0.25, 0.3) is 0 Å². The highest BCUT2D eigenvalue weighted by molar-refractivity contribution is 5.69. The highest BCUT2D eigenvalue weighted by Crippen LogP contribution is 2.24. The summed E-state index contributed by atoms with van der Waals surface area (Å²) in [5.74, 6) is 0.592. The van der Waals surface area contributed by atoms with E-state index in [1.54, 1.807) is 18.2 Å². The second-order valence-electron chi connectivity index (χ2n) is 6.84. The molecule has 7 heteroatoms. The quantitative estimate of drug-likeness (QED) is 0.865. The summed E-state index contributed by atoms with van der Waals surface area (Å²) in [6.07, 6.45) is 3.45. The van der Waals surface area contributed by atoms with Gasteiger partial charge in [-0.15, -0.1) is 0 Å². The van der Waals surface area contributed by atoms with Gasteiger partial charge in [0.1, 0.15) is 5.60 Å². The fraction of sp³-hybridized carbons (Fsp3) is 0.471. The average Bonchev–Trinajstić information content (AvgIpc) is 3.04. The third-order valence-corrected chi connectivity index (χ3v) is 3.63. The molecule has 2 aromatic heterocycles. The number of hydrogen-bond donors (Lipinski definition) is 0. The zero-order valence-corrected chi connectivity index (χ0v) is 14.4. The molecule has 0 fully saturated rings. The first-order valence-electron chi connectivity index (χ1n) is 7.86. The van der Waals surface area contributed by atoms with E-state index in [0.29, 0.717) is 25.5 Å². The maximum Gasteiger partial charge on any atom is 0.410 e. The molecular weight excluding hydrogens is 308 g/mol. The molecule has 0 aliphatic carbocycles. The zero-order valence-electron chi connectivity index (χ0n) is 14.4. The van der Waals surface area contributed by atoms with E-state index in [0.717, 1.165) is 16.8 Å². The minimum Gasteiger partial charge on any atom is -0.481 e. The van der Waals surface area contributed by atoms with Crippen LogP contribution >= 0.6 is 0 Å². The molecule has 0 atom stereocenters. The van der Waals surface area contributed by atoms with Crippen LogP contribution in [-0.4, -0.2) is 38.5 Å². The Morgan fingerprint density at radius 3 is 2.67 bits per heavy atom. The van der Waals surface area contributed by atoms with E-state index < -0.39 is 5.60 Å². The summed E-state index contributed by atoms with van der Waals surface area (Å²) in [7, 11) is 1.59. The van der Waals surface area contributed by atoms with Crippen LogP contribution in [-0.2, 0) is 24.4 Å². The molecule has 0 saturated heterocycles. The summed E-state index contributed by atoms with van der Waals surface area (Å²) in [4.78, 5) is 18.0. The van der Waals surface area contributed by atoms with Gasteiger partial charge < -0.3 is 9.47 Å². The minimum atomic E-state index is -0.488. The molecule has 0 bridgehead atoms. The number of nitrogens with zero attached hydrogens (tertiary/aromatic N) is 4. The van der Waals surface area contributed by atoms with Gasteiger partial charge in [-0.3, -0.25) is 9.58 Å². The molecule has 0 spiro atoms. The van der Waals surface area contributed by atoms with Crippen molar-refractivity contribution in [1.29, 1.82) is 0 Å².